The van der Waals surface area contributed by atoms with Crippen LogP contribution in [0, 0.1) is 6.92 Å². The SMILES string of the molecule is COc1ccc(C)cc1NC(C)O. The first-order valence-corrected chi connectivity index (χ1v) is 4.22. The van der Waals surface area contributed by atoms with Crippen molar-refractivity contribution in [3.8, 4) is 5.75 Å². The first-order valence-electron chi connectivity index (χ1n) is 4.22. The summed E-state index contributed by atoms with van der Waals surface area (Å²) in [6.07, 6.45) is -0.573. The van der Waals surface area contributed by atoms with Crippen LogP contribution in [0.15, 0.2) is 18.2 Å². The van der Waals surface area contributed by atoms with Crippen LogP contribution in [0.5, 0.6) is 5.75 Å². The van der Waals surface area contributed by atoms with Gasteiger partial charge in [0.05, 0.1) is 12.8 Å². The summed E-state index contributed by atoms with van der Waals surface area (Å²) in [5, 5.41) is 12.0. The lowest BCUT2D eigenvalue weighted by Gasteiger charge is -2.13. The molecule has 0 fully saturated rings. The summed E-state index contributed by atoms with van der Waals surface area (Å²) in [5.41, 5.74) is 1.95. The molecule has 3 heteroatoms. The molecule has 0 amide bonds. The molecule has 0 spiro atoms. The number of benzene rings is 1. The van der Waals surface area contributed by atoms with Gasteiger partial charge >= 0.3 is 0 Å². The Morgan fingerprint density at radius 3 is 2.69 bits per heavy atom. The average molecular weight is 181 g/mol. The highest BCUT2D eigenvalue weighted by molar-refractivity contribution is 5.58. The second-order valence-corrected chi connectivity index (χ2v) is 3.02. The van der Waals surface area contributed by atoms with Gasteiger partial charge in [0.2, 0.25) is 0 Å². The van der Waals surface area contributed by atoms with Crippen LogP contribution in [0.3, 0.4) is 0 Å². The highest BCUT2D eigenvalue weighted by atomic mass is 16.5. The van der Waals surface area contributed by atoms with E-state index in [-0.39, 0.29) is 0 Å². The zero-order valence-corrected chi connectivity index (χ0v) is 8.16. The van der Waals surface area contributed by atoms with Gasteiger partial charge < -0.3 is 15.2 Å². The molecule has 0 aliphatic heterocycles. The normalized spacial score (nSPS) is 12.3. The first kappa shape index (κ1) is 9.86. The second kappa shape index (κ2) is 4.14. The van der Waals surface area contributed by atoms with Crippen molar-refractivity contribution in [2.75, 3.05) is 12.4 Å². The highest BCUT2D eigenvalue weighted by Crippen LogP contribution is 2.25. The summed E-state index contributed by atoms with van der Waals surface area (Å²) in [6.45, 7) is 3.66. The minimum Gasteiger partial charge on any atom is -0.495 e. The van der Waals surface area contributed by atoms with E-state index in [0.717, 1.165) is 17.0 Å². The molecule has 0 saturated heterocycles. The predicted molar refractivity (Wildman–Crippen MR) is 53.0 cm³/mol. The number of aliphatic hydroxyl groups is 1. The Morgan fingerprint density at radius 2 is 2.15 bits per heavy atom. The van der Waals surface area contributed by atoms with Crippen molar-refractivity contribution in [2.45, 2.75) is 20.1 Å². The molecule has 0 saturated carbocycles. The van der Waals surface area contributed by atoms with Crippen molar-refractivity contribution >= 4 is 5.69 Å². The van der Waals surface area contributed by atoms with Gasteiger partial charge in [0.1, 0.15) is 12.0 Å². The Morgan fingerprint density at radius 1 is 1.46 bits per heavy atom. The van der Waals surface area contributed by atoms with Crippen LogP contribution >= 0.6 is 0 Å². The molecule has 13 heavy (non-hydrogen) atoms. The molecule has 0 aliphatic carbocycles. The van der Waals surface area contributed by atoms with E-state index in [1.807, 2.05) is 25.1 Å². The minimum absolute atomic E-state index is 0.573. The van der Waals surface area contributed by atoms with E-state index in [2.05, 4.69) is 5.32 Å². The number of aryl methyl sites for hydroxylation is 1. The van der Waals surface area contributed by atoms with Crippen molar-refractivity contribution in [1.29, 1.82) is 0 Å². The molecule has 0 aromatic heterocycles. The van der Waals surface area contributed by atoms with E-state index in [1.54, 1.807) is 14.0 Å². The number of rotatable bonds is 3. The number of hydrogen-bond donors (Lipinski definition) is 2. The van der Waals surface area contributed by atoms with Crippen molar-refractivity contribution in [1.82, 2.24) is 0 Å². The zero-order chi connectivity index (χ0) is 9.84. The molecule has 72 valence electrons. The monoisotopic (exact) mass is 181 g/mol. The maximum Gasteiger partial charge on any atom is 0.142 e. The Hall–Kier alpha value is -1.22. The van der Waals surface area contributed by atoms with Crippen LogP contribution in [0.2, 0.25) is 0 Å². The van der Waals surface area contributed by atoms with E-state index in [9.17, 15) is 0 Å². The van der Waals surface area contributed by atoms with E-state index in [1.165, 1.54) is 0 Å². The summed E-state index contributed by atoms with van der Waals surface area (Å²) in [4.78, 5) is 0. The van der Waals surface area contributed by atoms with Gasteiger partial charge in [-0.15, -0.1) is 0 Å². The summed E-state index contributed by atoms with van der Waals surface area (Å²) in [6, 6.07) is 5.78. The van der Waals surface area contributed by atoms with Crippen molar-refractivity contribution in [3.05, 3.63) is 23.8 Å². The zero-order valence-electron chi connectivity index (χ0n) is 8.16. The van der Waals surface area contributed by atoms with Crippen LogP contribution in [-0.4, -0.2) is 18.4 Å². The van der Waals surface area contributed by atoms with E-state index >= 15 is 0 Å². The Balaban J connectivity index is 2.94. The van der Waals surface area contributed by atoms with Gasteiger partial charge in [0, 0.05) is 0 Å². The molecule has 2 N–H and O–H groups in total. The minimum atomic E-state index is -0.573. The maximum absolute atomic E-state index is 9.15. The number of hydrogen-bond acceptors (Lipinski definition) is 3. The fourth-order valence-electron chi connectivity index (χ4n) is 1.16. The molecule has 0 heterocycles. The smallest absolute Gasteiger partial charge is 0.142 e. The van der Waals surface area contributed by atoms with Crippen LogP contribution in [0.4, 0.5) is 5.69 Å². The van der Waals surface area contributed by atoms with Crippen LogP contribution in [-0.2, 0) is 0 Å². The van der Waals surface area contributed by atoms with E-state index in [0.29, 0.717) is 0 Å². The molecule has 1 rings (SSSR count). The Labute approximate surface area is 78.3 Å². The first-order chi connectivity index (χ1) is 6.13. The quantitative estimate of drug-likeness (QED) is 0.698. The molecular weight excluding hydrogens is 166 g/mol. The predicted octanol–water partition coefficient (Wildman–Crippen LogP) is 1.75. The number of anilines is 1. The molecule has 1 aromatic carbocycles. The van der Waals surface area contributed by atoms with Crippen LogP contribution in [0.1, 0.15) is 12.5 Å². The van der Waals surface area contributed by atoms with E-state index < -0.39 is 6.23 Å². The topological polar surface area (TPSA) is 41.5 Å². The largest absolute Gasteiger partial charge is 0.495 e. The number of ether oxygens (including phenoxy) is 1. The summed E-state index contributed by atoms with van der Waals surface area (Å²) in [5.74, 6) is 0.742. The van der Waals surface area contributed by atoms with Gasteiger partial charge in [-0.1, -0.05) is 6.07 Å². The maximum atomic E-state index is 9.15. The number of methoxy groups -OCH3 is 1. The van der Waals surface area contributed by atoms with Crippen molar-refractivity contribution in [2.24, 2.45) is 0 Å². The third kappa shape index (κ3) is 2.63. The molecule has 1 atom stereocenters. The fraction of sp³-hybridized carbons (Fsp3) is 0.400. The molecule has 0 aliphatic rings. The molecule has 3 nitrogen and oxygen atoms in total. The molecule has 1 unspecified atom stereocenters. The van der Waals surface area contributed by atoms with Gasteiger partial charge in [-0.3, -0.25) is 0 Å². The van der Waals surface area contributed by atoms with Crippen molar-refractivity contribution < 1.29 is 9.84 Å². The lowest BCUT2D eigenvalue weighted by atomic mass is 10.2. The molecule has 1 aromatic rings. The van der Waals surface area contributed by atoms with Gasteiger partial charge in [-0.2, -0.15) is 0 Å². The lowest BCUT2D eigenvalue weighted by molar-refractivity contribution is 0.224. The van der Waals surface area contributed by atoms with Gasteiger partial charge in [0.25, 0.3) is 0 Å². The fourth-order valence-corrected chi connectivity index (χ4v) is 1.16. The van der Waals surface area contributed by atoms with Crippen LogP contribution < -0.4 is 10.1 Å². The summed E-state index contributed by atoms with van der Waals surface area (Å²) in [7, 11) is 1.61. The number of aliphatic hydroxyl groups excluding tert-OH is 1. The standard InChI is InChI=1S/C10H15NO2/c1-7-4-5-10(13-3)9(6-7)11-8(2)12/h4-6,8,11-12H,1-3H3. The third-order valence-corrected chi connectivity index (χ3v) is 1.72. The van der Waals surface area contributed by atoms with Crippen molar-refractivity contribution in [3.63, 3.8) is 0 Å². The Kier molecular flexibility index (Phi) is 3.14. The van der Waals surface area contributed by atoms with Crippen LogP contribution in [0.25, 0.3) is 0 Å². The van der Waals surface area contributed by atoms with E-state index in [4.69, 9.17) is 9.84 Å². The molecular formula is C10H15NO2. The Bertz CT molecular complexity index is 284. The average Bonchev–Trinajstić information content (AvgIpc) is 2.03. The molecule has 0 bridgehead atoms. The second-order valence-electron chi connectivity index (χ2n) is 3.02. The third-order valence-electron chi connectivity index (χ3n) is 1.72. The highest BCUT2D eigenvalue weighted by Gasteiger charge is 2.03. The summed E-state index contributed by atoms with van der Waals surface area (Å²) < 4.78 is 5.13. The van der Waals surface area contributed by atoms with Gasteiger partial charge in [-0.05, 0) is 31.5 Å². The number of nitrogens with one attached hydrogen (secondary N) is 1. The summed E-state index contributed by atoms with van der Waals surface area (Å²) >= 11 is 0. The molecule has 0 radical (unpaired) electrons. The van der Waals surface area contributed by atoms with Gasteiger partial charge in [0.15, 0.2) is 0 Å². The van der Waals surface area contributed by atoms with Gasteiger partial charge in [-0.25, -0.2) is 0 Å². The lowest BCUT2D eigenvalue weighted by Crippen LogP contribution is -2.14.